The summed E-state index contributed by atoms with van der Waals surface area (Å²) in [5.74, 6) is 0.486. The lowest BCUT2D eigenvalue weighted by atomic mass is 10.1. The van der Waals surface area contributed by atoms with Crippen molar-refractivity contribution in [2.45, 2.75) is 43.8 Å². The van der Waals surface area contributed by atoms with Gasteiger partial charge in [0, 0.05) is 24.0 Å². The fraction of sp³-hybridized carbons (Fsp3) is 0.953. The molecule has 1 rings (SSSR count). The average Bonchev–Trinajstić information content (AvgIpc) is 3.83. The zero-order chi connectivity index (χ0) is 46.5. The van der Waals surface area contributed by atoms with Gasteiger partial charge in [-0.25, -0.2) is 0 Å². The predicted octanol–water partition coefficient (Wildman–Crippen LogP) is 2.56. The van der Waals surface area contributed by atoms with Gasteiger partial charge in [-0.1, -0.05) is 28.0 Å². The molecule has 386 valence electrons. The fourth-order valence-electron chi connectivity index (χ4n) is 5.13. The molecule has 1 atom stereocenters. The van der Waals surface area contributed by atoms with E-state index in [4.69, 9.17) is 80.9 Å². The Bertz CT molecular complexity index is 980. The molecule has 1 amide bonds. The predicted molar refractivity (Wildman–Crippen MR) is 245 cm³/mol. The van der Waals surface area contributed by atoms with Crippen LogP contribution in [0.1, 0.15) is 38.5 Å². The van der Waals surface area contributed by atoms with Crippen molar-refractivity contribution in [3.8, 4) is 0 Å². The van der Waals surface area contributed by atoms with E-state index in [1.807, 2.05) is 21.6 Å². The average molecular weight is 982 g/mol. The Morgan fingerprint density at radius 3 is 0.923 bits per heavy atom. The second-order valence-corrected chi connectivity index (χ2v) is 16.7. The second-order valence-electron chi connectivity index (χ2n) is 13.9. The first kappa shape index (κ1) is 62.0. The van der Waals surface area contributed by atoms with Crippen molar-refractivity contribution in [1.29, 1.82) is 0 Å². The van der Waals surface area contributed by atoms with Gasteiger partial charge in [-0.3, -0.25) is 9.59 Å². The summed E-state index contributed by atoms with van der Waals surface area (Å²) in [6, 6.07) is 0. The van der Waals surface area contributed by atoms with Gasteiger partial charge in [0.2, 0.25) is 5.91 Å². The topological polar surface area (TPSA) is 214 Å². The van der Waals surface area contributed by atoms with E-state index in [9.17, 15) is 9.59 Å². The monoisotopic (exact) mass is 982 g/mol. The summed E-state index contributed by atoms with van der Waals surface area (Å²) in [4.78, 5) is 22.3. The number of carboxylic acids is 1. The van der Waals surface area contributed by atoms with Crippen molar-refractivity contribution in [2.75, 3.05) is 224 Å². The maximum atomic E-state index is 11.9. The van der Waals surface area contributed by atoms with Gasteiger partial charge < -0.3 is 86.2 Å². The van der Waals surface area contributed by atoms with E-state index in [1.54, 1.807) is 0 Å². The first-order chi connectivity index (χ1) is 32.2. The van der Waals surface area contributed by atoms with Crippen molar-refractivity contribution in [2.24, 2.45) is 0 Å². The Balaban J connectivity index is 1.60. The molecule has 0 radical (unpaired) electrons. The van der Waals surface area contributed by atoms with Crippen LogP contribution in [0.2, 0.25) is 0 Å². The van der Waals surface area contributed by atoms with Crippen molar-refractivity contribution >= 4 is 33.5 Å². The molecule has 0 spiro atoms. The number of aliphatic carboxylic acids is 1. The SMILES string of the molecule is O=C(O)CCOCCOCCOCCOCCOCCOCCOCCOCCOCCOCCOCCOCCOCCOCCOCCOCCNC(=O)CCCCC1CCSS1. The smallest absolute Gasteiger partial charge is 0.305 e. The Kier molecular flexibility index (Phi) is 51.5. The van der Waals surface area contributed by atoms with Gasteiger partial charge in [0.05, 0.1) is 218 Å². The summed E-state index contributed by atoms with van der Waals surface area (Å²) in [5.41, 5.74) is 0. The van der Waals surface area contributed by atoms with Gasteiger partial charge in [-0.05, 0) is 19.3 Å². The molecule has 22 heteroatoms. The number of carbonyl (C=O) groups is 2. The molecule has 0 bridgehead atoms. The van der Waals surface area contributed by atoms with E-state index >= 15 is 0 Å². The molecular formula is C43H83NO19S2. The van der Waals surface area contributed by atoms with Crippen LogP contribution in [0.25, 0.3) is 0 Å². The molecule has 0 aliphatic carbocycles. The normalized spacial score (nSPS) is 13.9. The highest BCUT2D eigenvalue weighted by Gasteiger charge is 2.15. The largest absolute Gasteiger partial charge is 0.481 e. The quantitative estimate of drug-likeness (QED) is 0.0662. The first-order valence-corrected chi connectivity index (χ1v) is 25.6. The lowest BCUT2D eigenvalue weighted by molar-refractivity contribution is -0.138. The third-order valence-electron chi connectivity index (χ3n) is 8.52. The Morgan fingerprint density at radius 2 is 0.662 bits per heavy atom. The summed E-state index contributed by atoms with van der Waals surface area (Å²) in [7, 11) is 3.96. The van der Waals surface area contributed by atoms with Gasteiger partial charge in [-0.2, -0.15) is 0 Å². The number of hydrogen-bond donors (Lipinski definition) is 2. The van der Waals surface area contributed by atoms with E-state index in [2.05, 4.69) is 5.32 Å². The third-order valence-corrected chi connectivity index (χ3v) is 11.5. The minimum absolute atomic E-state index is 0.00740. The van der Waals surface area contributed by atoms with Crippen LogP contribution in [0.4, 0.5) is 0 Å². The van der Waals surface area contributed by atoms with Gasteiger partial charge in [0.15, 0.2) is 0 Å². The first-order valence-electron chi connectivity index (χ1n) is 23.2. The lowest BCUT2D eigenvalue weighted by Crippen LogP contribution is -2.27. The third kappa shape index (κ3) is 52.2. The van der Waals surface area contributed by atoms with Crippen molar-refractivity contribution in [3.63, 3.8) is 0 Å². The van der Waals surface area contributed by atoms with Gasteiger partial charge in [0.1, 0.15) is 0 Å². The molecule has 2 N–H and O–H groups in total. The van der Waals surface area contributed by atoms with E-state index in [1.165, 1.54) is 18.6 Å². The molecule has 0 aromatic carbocycles. The minimum Gasteiger partial charge on any atom is -0.481 e. The number of carboxylic acid groups (broad SMARTS) is 1. The number of nitrogens with one attached hydrogen (secondary N) is 1. The molecule has 1 saturated heterocycles. The van der Waals surface area contributed by atoms with Crippen LogP contribution < -0.4 is 5.32 Å². The van der Waals surface area contributed by atoms with Gasteiger partial charge >= 0.3 is 5.97 Å². The van der Waals surface area contributed by atoms with Crippen LogP contribution in [-0.4, -0.2) is 246 Å². The number of unbranched alkanes of at least 4 members (excludes halogenated alkanes) is 1. The number of rotatable bonds is 56. The van der Waals surface area contributed by atoms with E-state index < -0.39 is 5.97 Å². The Morgan fingerprint density at radius 1 is 0.385 bits per heavy atom. The molecular weight excluding hydrogens is 899 g/mol. The second kappa shape index (κ2) is 53.9. The molecule has 1 heterocycles. The number of ether oxygens (including phenoxy) is 16. The van der Waals surface area contributed by atoms with Crippen LogP contribution in [0, 0.1) is 0 Å². The zero-order valence-corrected chi connectivity index (χ0v) is 40.6. The Labute approximate surface area is 395 Å². The number of hydrogen-bond acceptors (Lipinski definition) is 20. The lowest BCUT2D eigenvalue weighted by Gasteiger charge is -2.09. The molecule has 1 aliphatic rings. The summed E-state index contributed by atoms with van der Waals surface area (Å²) in [5, 5.41) is 12.2. The number of amides is 1. The van der Waals surface area contributed by atoms with Gasteiger partial charge in [0.25, 0.3) is 0 Å². The fourth-order valence-corrected chi connectivity index (χ4v) is 8.16. The van der Waals surface area contributed by atoms with Crippen LogP contribution in [0.5, 0.6) is 0 Å². The molecule has 1 aliphatic heterocycles. The molecule has 0 aromatic rings. The Hall–Kier alpha value is -1.00. The summed E-state index contributed by atoms with van der Waals surface area (Å²) in [6.45, 7) is 15.4. The van der Waals surface area contributed by atoms with Crippen molar-refractivity contribution < 1.29 is 90.5 Å². The standard InChI is InChI=1S/C43H83NO19S2/c45-42(4-2-1-3-41-6-40-64-65-41)44-7-9-49-11-13-51-15-17-53-19-21-55-23-25-57-27-29-59-31-33-61-35-37-63-39-38-62-36-34-60-32-30-58-28-26-56-24-22-54-20-18-52-16-14-50-12-10-48-8-5-43(46)47/h41H,1-40H2,(H,44,45)(H,46,47). The maximum absolute atomic E-state index is 11.9. The zero-order valence-electron chi connectivity index (χ0n) is 39.0. The highest BCUT2D eigenvalue weighted by Crippen LogP contribution is 2.39. The molecule has 0 aromatic heterocycles. The van der Waals surface area contributed by atoms with Crippen LogP contribution in [0.3, 0.4) is 0 Å². The van der Waals surface area contributed by atoms with Crippen LogP contribution >= 0.6 is 21.6 Å². The molecule has 20 nitrogen and oxygen atoms in total. The summed E-state index contributed by atoms with van der Waals surface area (Å²) < 4.78 is 87.3. The summed E-state index contributed by atoms with van der Waals surface area (Å²) >= 11 is 0. The molecule has 1 unspecified atom stereocenters. The highest BCUT2D eigenvalue weighted by atomic mass is 33.1. The molecule has 1 fully saturated rings. The molecule has 65 heavy (non-hydrogen) atoms. The van der Waals surface area contributed by atoms with Crippen LogP contribution in [0.15, 0.2) is 0 Å². The van der Waals surface area contributed by atoms with Crippen LogP contribution in [-0.2, 0) is 85.4 Å². The summed E-state index contributed by atoms with van der Waals surface area (Å²) in [6.07, 6.45) is 5.18. The van der Waals surface area contributed by atoms with E-state index in [0.717, 1.165) is 18.1 Å². The van der Waals surface area contributed by atoms with E-state index in [-0.39, 0.29) is 18.9 Å². The minimum atomic E-state index is -0.878. The number of carbonyl (C=O) groups excluding carboxylic acids is 1. The van der Waals surface area contributed by atoms with E-state index in [0.29, 0.717) is 218 Å². The maximum Gasteiger partial charge on any atom is 0.305 e. The van der Waals surface area contributed by atoms with Crippen molar-refractivity contribution in [3.05, 3.63) is 0 Å². The highest BCUT2D eigenvalue weighted by molar-refractivity contribution is 8.77. The van der Waals surface area contributed by atoms with Gasteiger partial charge in [-0.15, -0.1) is 0 Å². The molecule has 0 saturated carbocycles. The van der Waals surface area contributed by atoms with Crippen molar-refractivity contribution in [1.82, 2.24) is 5.32 Å².